The van der Waals surface area contributed by atoms with E-state index in [9.17, 15) is 0 Å². The molecule has 3 N–H and O–H groups in total. The van der Waals surface area contributed by atoms with Crippen LogP contribution in [0.3, 0.4) is 0 Å². The summed E-state index contributed by atoms with van der Waals surface area (Å²) in [5.74, 6) is 0.923. The first kappa shape index (κ1) is 22.7. The van der Waals surface area contributed by atoms with E-state index in [-0.39, 0.29) is 6.10 Å². The Labute approximate surface area is 212 Å². The molecule has 1 aromatic carbocycles. The highest BCUT2D eigenvalue weighted by Crippen LogP contribution is 2.34. The summed E-state index contributed by atoms with van der Waals surface area (Å²) in [6, 6.07) is 7.85. The second-order valence-corrected chi connectivity index (χ2v) is 9.37. The molecule has 1 fully saturated rings. The lowest BCUT2D eigenvalue weighted by atomic mass is 10.1. The number of nitrogens with one attached hydrogen (secondary N) is 1. The summed E-state index contributed by atoms with van der Waals surface area (Å²) in [4.78, 5) is 16.0. The predicted molar refractivity (Wildman–Crippen MR) is 139 cm³/mol. The molecule has 1 saturated heterocycles. The first-order valence-electron chi connectivity index (χ1n) is 12.0. The number of hydrogen-bond donors (Lipinski definition) is 2. The zero-order chi connectivity index (χ0) is 24.6. The Hall–Kier alpha value is -3.76. The maximum Gasteiger partial charge on any atom is 0.223 e. The second kappa shape index (κ2) is 9.36. The number of nitrogen functional groups attached to an aromatic ring is 1. The van der Waals surface area contributed by atoms with Crippen molar-refractivity contribution in [1.82, 2.24) is 39.8 Å². The van der Waals surface area contributed by atoms with Crippen LogP contribution in [0.2, 0.25) is 5.02 Å². The fourth-order valence-corrected chi connectivity index (χ4v) is 5.09. The summed E-state index contributed by atoms with van der Waals surface area (Å²) in [5.41, 5.74) is 9.10. The highest BCUT2D eigenvalue weighted by molar-refractivity contribution is 6.36. The van der Waals surface area contributed by atoms with Crippen LogP contribution in [0.1, 0.15) is 25.5 Å². The lowest BCUT2D eigenvalue weighted by Crippen LogP contribution is -2.38. The van der Waals surface area contributed by atoms with Crippen LogP contribution in [0.15, 0.2) is 43.0 Å². The molecule has 11 heteroatoms. The molecule has 6 rings (SSSR count). The van der Waals surface area contributed by atoms with Crippen LogP contribution in [0.5, 0.6) is 5.88 Å². The molecule has 0 spiro atoms. The molecule has 4 aromatic heterocycles. The van der Waals surface area contributed by atoms with Crippen LogP contribution in [-0.2, 0) is 6.54 Å². The minimum Gasteiger partial charge on any atom is -0.474 e. The number of pyridine rings is 1. The average molecular weight is 504 g/mol. The van der Waals surface area contributed by atoms with Gasteiger partial charge in [-0.2, -0.15) is 10.2 Å². The molecule has 0 atom stereocenters. The van der Waals surface area contributed by atoms with Gasteiger partial charge < -0.3 is 15.4 Å². The highest BCUT2D eigenvalue weighted by Gasteiger charge is 2.23. The van der Waals surface area contributed by atoms with E-state index in [1.165, 1.54) is 6.33 Å². The topological polar surface area (TPSA) is 124 Å². The van der Waals surface area contributed by atoms with E-state index in [0.717, 1.165) is 54.5 Å². The van der Waals surface area contributed by atoms with Crippen LogP contribution in [0, 0.1) is 0 Å². The van der Waals surface area contributed by atoms with Gasteiger partial charge in [0.25, 0.3) is 0 Å². The van der Waals surface area contributed by atoms with Gasteiger partial charge in [-0.15, -0.1) is 0 Å². The van der Waals surface area contributed by atoms with Gasteiger partial charge in [0.05, 0.1) is 34.2 Å². The minimum absolute atomic E-state index is 0.0980. The van der Waals surface area contributed by atoms with E-state index in [1.54, 1.807) is 17.1 Å². The third-order valence-corrected chi connectivity index (χ3v) is 7.04. The smallest absolute Gasteiger partial charge is 0.223 e. The van der Waals surface area contributed by atoms with Crippen molar-refractivity contribution in [2.75, 3.05) is 25.4 Å². The van der Waals surface area contributed by atoms with Crippen molar-refractivity contribution in [1.29, 1.82) is 0 Å². The van der Waals surface area contributed by atoms with Gasteiger partial charge in [-0.05, 0) is 36.9 Å². The molecule has 1 aliphatic rings. The summed E-state index contributed by atoms with van der Waals surface area (Å²) < 4.78 is 8.27. The lowest BCUT2D eigenvalue weighted by molar-refractivity contribution is 0.101. The van der Waals surface area contributed by atoms with Crippen molar-refractivity contribution in [3.05, 3.63) is 53.7 Å². The Kier molecular flexibility index (Phi) is 5.90. The number of aromatic nitrogens is 7. The summed E-state index contributed by atoms with van der Waals surface area (Å²) >= 11 is 6.61. The fraction of sp³-hybridized carbons (Fsp3) is 0.320. The van der Waals surface area contributed by atoms with Crippen molar-refractivity contribution in [2.45, 2.75) is 32.4 Å². The molecular formula is C25H26ClN9O. The minimum atomic E-state index is 0.0980. The van der Waals surface area contributed by atoms with E-state index in [4.69, 9.17) is 32.2 Å². The van der Waals surface area contributed by atoms with E-state index < -0.39 is 0 Å². The predicted octanol–water partition coefficient (Wildman–Crippen LogP) is 3.91. The standard InChI is InChI=1S/C25H26ClN9O/c1-2-34-8-6-18(7-9-34)36-25-20-15(4-3-5-19(20)26)10-17(32-25)13-35-24-21(23(27)28-14-29-24)22(33-35)16-11-30-31-12-16/h3-5,10-12,14,18H,2,6-9,13H2,1H3,(H,30,31)(H2,27,28,29). The molecule has 0 amide bonds. The third kappa shape index (κ3) is 4.12. The summed E-state index contributed by atoms with van der Waals surface area (Å²) in [6.07, 6.45) is 6.93. The summed E-state index contributed by atoms with van der Waals surface area (Å²) in [6.45, 7) is 5.65. The van der Waals surface area contributed by atoms with Gasteiger partial charge in [0.1, 0.15) is 23.9 Å². The molecule has 5 heterocycles. The van der Waals surface area contributed by atoms with Gasteiger partial charge in [0, 0.05) is 24.8 Å². The number of halogens is 1. The highest BCUT2D eigenvalue weighted by atomic mass is 35.5. The number of piperidine rings is 1. The molecule has 0 unspecified atom stereocenters. The SMILES string of the molecule is CCN1CCC(Oc2nc(Cn3nc(-c4cn[nH]c4)c4c(N)ncnc43)cc3cccc(Cl)c23)CC1. The number of anilines is 1. The van der Waals surface area contributed by atoms with Crippen molar-refractivity contribution in [3.63, 3.8) is 0 Å². The van der Waals surface area contributed by atoms with Gasteiger partial charge in [-0.25, -0.2) is 19.6 Å². The monoisotopic (exact) mass is 503 g/mol. The Morgan fingerprint density at radius 1 is 1.19 bits per heavy atom. The molecule has 10 nitrogen and oxygen atoms in total. The van der Waals surface area contributed by atoms with Crippen molar-refractivity contribution in [2.24, 2.45) is 0 Å². The Bertz CT molecular complexity index is 1520. The lowest BCUT2D eigenvalue weighted by Gasteiger charge is -2.31. The number of rotatable bonds is 6. The van der Waals surface area contributed by atoms with Crippen molar-refractivity contribution < 1.29 is 4.74 Å². The number of aromatic amines is 1. The number of likely N-dealkylation sites (tertiary alicyclic amines) is 1. The number of ether oxygens (including phenoxy) is 1. The maximum absolute atomic E-state index is 6.61. The first-order valence-corrected chi connectivity index (χ1v) is 12.4. The number of H-pyrrole nitrogens is 1. The summed E-state index contributed by atoms with van der Waals surface area (Å²) in [5, 5.41) is 14.8. The third-order valence-electron chi connectivity index (χ3n) is 6.73. The first-order chi connectivity index (χ1) is 17.6. The van der Waals surface area contributed by atoms with E-state index in [2.05, 4.69) is 32.0 Å². The van der Waals surface area contributed by atoms with Crippen LogP contribution in [-0.4, -0.2) is 65.6 Å². The normalized spacial score (nSPS) is 15.2. The molecule has 0 aliphatic carbocycles. The van der Waals surface area contributed by atoms with Crippen molar-refractivity contribution >= 4 is 39.2 Å². The van der Waals surface area contributed by atoms with E-state index in [0.29, 0.717) is 40.0 Å². The van der Waals surface area contributed by atoms with Crippen LogP contribution in [0.4, 0.5) is 5.82 Å². The number of nitrogens with two attached hydrogens (primary N) is 1. The Balaban J connectivity index is 1.40. The maximum atomic E-state index is 6.61. The van der Waals surface area contributed by atoms with Gasteiger partial charge in [0.2, 0.25) is 5.88 Å². The molecule has 5 aromatic rings. The molecule has 0 saturated carbocycles. The molecule has 0 bridgehead atoms. The van der Waals surface area contributed by atoms with Crippen molar-refractivity contribution in [3.8, 4) is 17.1 Å². The Morgan fingerprint density at radius 2 is 2.06 bits per heavy atom. The number of fused-ring (bicyclic) bond motifs is 2. The average Bonchev–Trinajstić information content (AvgIpc) is 3.54. The largest absolute Gasteiger partial charge is 0.474 e. The zero-order valence-electron chi connectivity index (χ0n) is 19.9. The molecule has 36 heavy (non-hydrogen) atoms. The fourth-order valence-electron chi connectivity index (χ4n) is 4.83. The van der Waals surface area contributed by atoms with Gasteiger partial charge in [-0.3, -0.25) is 5.10 Å². The Morgan fingerprint density at radius 3 is 2.83 bits per heavy atom. The number of hydrogen-bond acceptors (Lipinski definition) is 8. The molecule has 184 valence electrons. The zero-order valence-corrected chi connectivity index (χ0v) is 20.6. The van der Waals surface area contributed by atoms with Gasteiger partial charge >= 0.3 is 0 Å². The van der Waals surface area contributed by atoms with Crippen LogP contribution >= 0.6 is 11.6 Å². The van der Waals surface area contributed by atoms with Crippen LogP contribution in [0.25, 0.3) is 33.1 Å². The van der Waals surface area contributed by atoms with Crippen LogP contribution < -0.4 is 10.5 Å². The second-order valence-electron chi connectivity index (χ2n) is 8.96. The number of nitrogens with zero attached hydrogens (tertiary/aromatic N) is 7. The number of benzene rings is 1. The molecule has 0 radical (unpaired) electrons. The van der Waals surface area contributed by atoms with E-state index in [1.807, 2.05) is 24.3 Å². The van der Waals surface area contributed by atoms with Gasteiger partial charge in [0.15, 0.2) is 5.65 Å². The van der Waals surface area contributed by atoms with E-state index >= 15 is 0 Å². The van der Waals surface area contributed by atoms with Gasteiger partial charge in [-0.1, -0.05) is 30.7 Å². The molecular weight excluding hydrogens is 478 g/mol. The quantitative estimate of drug-likeness (QED) is 0.357. The summed E-state index contributed by atoms with van der Waals surface area (Å²) in [7, 11) is 0. The molecule has 1 aliphatic heterocycles.